The summed E-state index contributed by atoms with van der Waals surface area (Å²) in [7, 11) is 0. The number of halogens is 3. The van der Waals surface area contributed by atoms with E-state index >= 15 is 0 Å². The van der Waals surface area contributed by atoms with Gasteiger partial charge in [-0.15, -0.1) is 0 Å². The first-order valence-corrected chi connectivity index (χ1v) is 8.00. The molecule has 2 rings (SSSR count). The number of hydrogen-bond acceptors (Lipinski definition) is 2. The fraction of sp³-hybridized carbons (Fsp3) is 0.933. The molecule has 4 unspecified atom stereocenters. The molecule has 2 fully saturated rings. The maximum absolute atomic E-state index is 12.6. The van der Waals surface area contributed by atoms with E-state index in [1.807, 2.05) is 0 Å². The van der Waals surface area contributed by atoms with E-state index in [-0.39, 0.29) is 31.3 Å². The molecule has 21 heavy (non-hydrogen) atoms. The van der Waals surface area contributed by atoms with Gasteiger partial charge in [-0.05, 0) is 31.6 Å². The zero-order chi connectivity index (χ0) is 15.5. The topological polar surface area (TPSA) is 41.1 Å². The van der Waals surface area contributed by atoms with Crippen molar-refractivity contribution in [1.82, 2.24) is 10.6 Å². The van der Waals surface area contributed by atoms with E-state index < -0.39 is 18.1 Å². The molecule has 3 nitrogen and oxygen atoms in total. The number of carbonyl (C=O) groups is 1. The maximum atomic E-state index is 12.6. The largest absolute Gasteiger partial charge is 0.393 e. The Morgan fingerprint density at radius 2 is 2.00 bits per heavy atom. The molecule has 1 amide bonds. The number of carbonyl (C=O) groups excluding carboxylic acids is 1. The monoisotopic (exact) mass is 306 g/mol. The summed E-state index contributed by atoms with van der Waals surface area (Å²) < 4.78 is 37.8. The van der Waals surface area contributed by atoms with Crippen molar-refractivity contribution in [3.05, 3.63) is 0 Å². The number of hydrogen-bond donors (Lipinski definition) is 2. The fourth-order valence-electron chi connectivity index (χ4n) is 3.45. The summed E-state index contributed by atoms with van der Waals surface area (Å²) >= 11 is 0. The molecule has 0 aromatic rings. The Labute approximate surface area is 124 Å². The third-order valence-corrected chi connectivity index (χ3v) is 4.90. The van der Waals surface area contributed by atoms with Crippen LogP contribution in [0.1, 0.15) is 51.9 Å². The van der Waals surface area contributed by atoms with E-state index in [9.17, 15) is 18.0 Å². The first kappa shape index (κ1) is 16.6. The van der Waals surface area contributed by atoms with Crippen molar-refractivity contribution >= 4 is 5.91 Å². The van der Waals surface area contributed by atoms with Gasteiger partial charge in [0, 0.05) is 12.6 Å². The van der Waals surface area contributed by atoms with Crippen molar-refractivity contribution in [1.29, 1.82) is 0 Å². The van der Waals surface area contributed by atoms with E-state index in [1.54, 1.807) is 0 Å². The van der Waals surface area contributed by atoms with Crippen molar-refractivity contribution in [2.24, 2.45) is 11.8 Å². The quantitative estimate of drug-likeness (QED) is 0.841. The molecule has 122 valence electrons. The predicted octanol–water partition coefficient (Wildman–Crippen LogP) is 3.00. The highest BCUT2D eigenvalue weighted by molar-refractivity contribution is 5.82. The molecule has 1 aliphatic heterocycles. The summed E-state index contributed by atoms with van der Waals surface area (Å²) in [6.45, 7) is 2.01. The van der Waals surface area contributed by atoms with Gasteiger partial charge < -0.3 is 10.6 Å². The molecule has 0 aromatic heterocycles. The first-order valence-electron chi connectivity index (χ1n) is 8.00. The second-order valence-corrected chi connectivity index (χ2v) is 6.42. The predicted molar refractivity (Wildman–Crippen MR) is 74.7 cm³/mol. The number of alkyl halides is 3. The lowest BCUT2D eigenvalue weighted by molar-refractivity contribution is -0.180. The molecule has 2 aliphatic rings. The van der Waals surface area contributed by atoms with Gasteiger partial charge in [0.25, 0.3) is 0 Å². The molecule has 1 saturated heterocycles. The minimum Gasteiger partial charge on any atom is -0.352 e. The average molecular weight is 306 g/mol. The number of piperidine rings is 1. The molecule has 2 N–H and O–H groups in total. The van der Waals surface area contributed by atoms with Crippen LogP contribution in [0.25, 0.3) is 0 Å². The van der Waals surface area contributed by atoms with Gasteiger partial charge in [-0.1, -0.05) is 26.2 Å². The summed E-state index contributed by atoms with van der Waals surface area (Å²) in [6.07, 6.45) is 1.60. The molecular weight excluding hydrogens is 281 g/mol. The Morgan fingerprint density at radius 3 is 2.57 bits per heavy atom. The van der Waals surface area contributed by atoms with Crippen LogP contribution in [0, 0.1) is 11.8 Å². The Hall–Kier alpha value is -0.780. The summed E-state index contributed by atoms with van der Waals surface area (Å²) in [4.78, 5) is 12.2. The van der Waals surface area contributed by atoms with Crippen LogP contribution >= 0.6 is 0 Å². The van der Waals surface area contributed by atoms with Crippen molar-refractivity contribution in [2.75, 3.05) is 6.54 Å². The van der Waals surface area contributed by atoms with Crippen molar-refractivity contribution < 1.29 is 18.0 Å². The van der Waals surface area contributed by atoms with Crippen LogP contribution in [-0.2, 0) is 4.79 Å². The van der Waals surface area contributed by atoms with Gasteiger partial charge in [0.15, 0.2) is 0 Å². The SMILES string of the molecule is CCC1CCCC(NC(=O)C2CCC(C(F)(F)F)CN2)C1. The Kier molecular flexibility index (Phi) is 5.52. The Morgan fingerprint density at radius 1 is 1.24 bits per heavy atom. The third kappa shape index (κ3) is 4.59. The van der Waals surface area contributed by atoms with Crippen molar-refractivity contribution in [2.45, 2.75) is 70.1 Å². The van der Waals surface area contributed by atoms with Crippen molar-refractivity contribution in [3.63, 3.8) is 0 Å². The number of nitrogens with one attached hydrogen (secondary N) is 2. The zero-order valence-corrected chi connectivity index (χ0v) is 12.5. The third-order valence-electron chi connectivity index (χ3n) is 4.90. The second-order valence-electron chi connectivity index (χ2n) is 6.42. The fourth-order valence-corrected chi connectivity index (χ4v) is 3.45. The molecule has 1 saturated carbocycles. The van der Waals surface area contributed by atoms with Gasteiger partial charge >= 0.3 is 6.18 Å². The minimum absolute atomic E-state index is 0.0385. The van der Waals surface area contributed by atoms with Crippen LogP contribution in [-0.4, -0.2) is 30.7 Å². The van der Waals surface area contributed by atoms with Crippen LogP contribution in [0.2, 0.25) is 0 Å². The lowest BCUT2D eigenvalue weighted by Crippen LogP contribution is -2.53. The molecule has 0 spiro atoms. The average Bonchev–Trinajstić information content (AvgIpc) is 2.46. The molecule has 1 heterocycles. The molecule has 4 atom stereocenters. The van der Waals surface area contributed by atoms with Gasteiger partial charge in [0.1, 0.15) is 0 Å². The lowest BCUT2D eigenvalue weighted by Gasteiger charge is -2.33. The lowest BCUT2D eigenvalue weighted by atomic mass is 9.84. The van der Waals surface area contributed by atoms with Gasteiger partial charge in [0.2, 0.25) is 5.91 Å². The summed E-state index contributed by atoms with van der Waals surface area (Å²) in [5.74, 6) is -0.781. The van der Waals surface area contributed by atoms with Crippen LogP contribution in [0.3, 0.4) is 0 Å². The zero-order valence-electron chi connectivity index (χ0n) is 12.5. The van der Waals surface area contributed by atoms with Crippen LogP contribution < -0.4 is 10.6 Å². The van der Waals surface area contributed by atoms with Gasteiger partial charge in [-0.25, -0.2) is 0 Å². The Bertz CT molecular complexity index is 351. The standard InChI is InChI=1S/C15H25F3N2O/c1-2-10-4-3-5-12(8-10)20-14(21)13-7-6-11(9-19-13)15(16,17)18/h10-13,19H,2-9H2,1H3,(H,20,21). The first-order chi connectivity index (χ1) is 9.90. The van der Waals surface area contributed by atoms with Crippen LogP contribution in [0.15, 0.2) is 0 Å². The molecule has 6 heteroatoms. The smallest absolute Gasteiger partial charge is 0.352 e. The second kappa shape index (κ2) is 6.99. The van der Waals surface area contributed by atoms with Crippen LogP contribution in [0.4, 0.5) is 13.2 Å². The highest BCUT2D eigenvalue weighted by atomic mass is 19.4. The number of rotatable bonds is 3. The van der Waals surface area contributed by atoms with Crippen molar-refractivity contribution in [3.8, 4) is 0 Å². The van der Waals surface area contributed by atoms with Gasteiger partial charge in [-0.3, -0.25) is 4.79 Å². The van der Waals surface area contributed by atoms with E-state index in [1.165, 1.54) is 6.42 Å². The summed E-state index contributed by atoms with van der Waals surface area (Å²) in [6, 6.07) is -0.274. The van der Waals surface area contributed by atoms with E-state index in [0.29, 0.717) is 5.92 Å². The highest BCUT2D eigenvalue weighted by Gasteiger charge is 2.42. The molecule has 0 aromatic carbocycles. The molecule has 0 radical (unpaired) electrons. The summed E-state index contributed by atoms with van der Waals surface area (Å²) in [5, 5.41) is 5.78. The Balaban J connectivity index is 1.77. The maximum Gasteiger partial charge on any atom is 0.393 e. The normalized spacial score (nSPS) is 34.5. The number of amides is 1. The van der Waals surface area contributed by atoms with Crippen LogP contribution in [0.5, 0.6) is 0 Å². The van der Waals surface area contributed by atoms with Gasteiger partial charge in [0.05, 0.1) is 12.0 Å². The van der Waals surface area contributed by atoms with E-state index in [2.05, 4.69) is 17.6 Å². The van der Waals surface area contributed by atoms with E-state index in [4.69, 9.17) is 0 Å². The minimum atomic E-state index is -4.16. The summed E-state index contributed by atoms with van der Waals surface area (Å²) in [5.41, 5.74) is 0. The molecular formula is C15H25F3N2O. The molecule has 0 bridgehead atoms. The highest BCUT2D eigenvalue weighted by Crippen LogP contribution is 2.32. The van der Waals surface area contributed by atoms with E-state index in [0.717, 1.165) is 25.7 Å². The molecule has 1 aliphatic carbocycles. The van der Waals surface area contributed by atoms with Gasteiger partial charge in [-0.2, -0.15) is 13.2 Å².